The zero-order valence-electron chi connectivity index (χ0n) is 14.2. The Hall–Kier alpha value is -0.540. The number of hydrogen-bond acceptors (Lipinski definition) is 2. The zero-order valence-corrected chi connectivity index (χ0v) is 14.9. The first kappa shape index (κ1) is 16.8. The molecular formula is C17H30ClN3. The number of nitrogens with zero attached hydrogens (tertiary/aromatic N) is 2. The van der Waals surface area contributed by atoms with Crippen LogP contribution in [0.5, 0.6) is 0 Å². The van der Waals surface area contributed by atoms with Crippen LogP contribution in [0, 0.1) is 11.3 Å². The first-order valence-electron chi connectivity index (χ1n) is 8.25. The summed E-state index contributed by atoms with van der Waals surface area (Å²) in [4.78, 5) is 0. The van der Waals surface area contributed by atoms with Crippen LogP contribution in [-0.4, -0.2) is 22.9 Å². The van der Waals surface area contributed by atoms with Gasteiger partial charge in [-0.1, -0.05) is 32.4 Å². The largest absolute Gasteiger partial charge is 0.316 e. The minimum Gasteiger partial charge on any atom is -0.316 e. The number of halogens is 1. The molecule has 0 spiro atoms. The minimum atomic E-state index is 0.499. The Morgan fingerprint density at radius 2 is 2.00 bits per heavy atom. The van der Waals surface area contributed by atoms with Crippen LogP contribution in [-0.2, 0) is 19.9 Å². The van der Waals surface area contributed by atoms with E-state index in [0.29, 0.717) is 11.5 Å². The third-order valence-corrected chi connectivity index (χ3v) is 5.68. The number of aromatic nitrogens is 2. The van der Waals surface area contributed by atoms with E-state index in [0.717, 1.165) is 29.5 Å². The van der Waals surface area contributed by atoms with Crippen molar-refractivity contribution >= 4 is 11.6 Å². The molecule has 0 bridgehead atoms. The van der Waals surface area contributed by atoms with E-state index < -0.39 is 0 Å². The summed E-state index contributed by atoms with van der Waals surface area (Å²) in [5, 5.41) is 8.94. The summed E-state index contributed by atoms with van der Waals surface area (Å²) in [6.45, 7) is 6.89. The van der Waals surface area contributed by atoms with Crippen LogP contribution in [0.15, 0.2) is 0 Å². The average molecular weight is 312 g/mol. The van der Waals surface area contributed by atoms with E-state index in [1.807, 2.05) is 11.7 Å². The molecule has 0 saturated heterocycles. The third-order valence-electron chi connectivity index (χ3n) is 5.24. The van der Waals surface area contributed by atoms with Crippen molar-refractivity contribution in [1.29, 1.82) is 0 Å². The van der Waals surface area contributed by atoms with Gasteiger partial charge >= 0.3 is 0 Å². The highest BCUT2D eigenvalue weighted by Crippen LogP contribution is 2.40. The molecule has 21 heavy (non-hydrogen) atoms. The van der Waals surface area contributed by atoms with Crippen LogP contribution in [0.2, 0.25) is 5.02 Å². The Balaban J connectivity index is 2.08. The standard InChI is InChI=1S/C17H30ClN3/c1-6-13-16(18)15(21(5)20-13)11-14(19-4)12-7-9-17(2,3)10-8-12/h12,14,19H,6-11H2,1-5H3. The molecule has 120 valence electrons. The fourth-order valence-corrected chi connectivity index (χ4v) is 3.95. The van der Waals surface area contributed by atoms with Crippen molar-refractivity contribution in [3.05, 3.63) is 16.4 Å². The molecule has 4 heteroatoms. The monoisotopic (exact) mass is 311 g/mol. The van der Waals surface area contributed by atoms with Crippen LogP contribution in [0.25, 0.3) is 0 Å². The van der Waals surface area contributed by atoms with E-state index in [-0.39, 0.29) is 0 Å². The number of likely N-dealkylation sites (N-methyl/N-ethyl adjacent to an activating group) is 1. The molecule has 1 atom stereocenters. The average Bonchev–Trinajstić information content (AvgIpc) is 2.72. The Morgan fingerprint density at radius 1 is 1.38 bits per heavy atom. The molecule has 2 rings (SSSR count). The highest BCUT2D eigenvalue weighted by molar-refractivity contribution is 6.31. The zero-order chi connectivity index (χ0) is 15.6. The molecule has 3 nitrogen and oxygen atoms in total. The highest BCUT2D eigenvalue weighted by Gasteiger charge is 2.31. The van der Waals surface area contributed by atoms with E-state index in [1.54, 1.807) is 0 Å². The van der Waals surface area contributed by atoms with Crippen LogP contribution in [0.3, 0.4) is 0 Å². The summed E-state index contributed by atoms with van der Waals surface area (Å²) in [6, 6.07) is 0.499. The molecule has 1 unspecified atom stereocenters. The predicted octanol–water partition coefficient (Wildman–Crippen LogP) is 3.98. The molecule has 0 aromatic carbocycles. The van der Waals surface area contributed by atoms with Crippen LogP contribution in [0.1, 0.15) is 57.8 Å². The molecule has 1 aromatic heterocycles. The quantitative estimate of drug-likeness (QED) is 0.891. The second-order valence-corrected chi connectivity index (χ2v) is 7.66. The third kappa shape index (κ3) is 3.81. The molecule has 1 heterocycles. The van der Waals surface area contributed by atoms with Crippen LogP contribution < -0.4 is 5.32 Å². The smallest absolute Gasteiger partial charge is 0.0850 e. The molecule has 0 radical (unpaired) electrons. The molecule has 0 aliphatic heterocycles. The second kappa shape index (κ2) is 6.70. The minimum absolute atomic E-state index is 0.499. The van der Waals surface area contributed by atoms with Gasteiger partial charge in [0.25, 0.3) is 0 Å². The van der Waals surface area contributed by atoms with Gasteiger partial charge in [0, 0.05) is 19.5 Å². The van der Waals surface area contributed by atoms with Crippen molar-refractivity contribution in [3.63, 3.8) is 0 Å². The SMILES string of the molecule is CCc1nn(C)c(CC(NC)C2CCC(C)(C)CC2)c1Cl. The lowest BCUT2D eigenvalue weighted by Crippen LogP contribution is -2.39. The molecule has 1 fully saturated rings. The molecule has 1 aliphatic rings. The van der Waals surface area contributed by atoms with Gasteiger partial charge in [0.15, 0.2) is 0 Å². The molecule has 1 saturated carbocycles. The maximum Gasteiger partial charge on any atom is 0.0850 e. The number of hydrogen-bond donors (Lipinski definition) is 1. The van der Waals surface area contributed by atoms with Gasteiger partial charge in [-0.25, -0.2) is 0 Å². The lowest BCUT2D eigenvalue weighted by Gasteiger charge is -2.38. The van der Waals surface area contributed by atoms with E-state index in [2.05, 4.69) is 38.2 Å². The summed E-state index contributed by atoms with van der Waals surface area (Å²) < 4.78 is 1.97. The molecule has 1 aliphatic carbocycles. The van der Waals surface area contributed by atoms with Gasteiger partial charge in [0.1, 0.15) is 0 Å². The molecule has 1 aromatic rings. The Morgan fingerprint density at radius 3 is 2.48 bits per heavy atom. The van der Waals surface area contributed by atoms with Gasteiger partial charge in [0.05, 0.1) is 16.4 Å². The fraction of sp³-hybridized carbons (Fsp3) is 0.824. The maximum absolute atomic E-state index is 6.50. The number of nitrogens with one attached hydrogen (secondary N) is 1. The van der Waals surface area contributed by atoms with Crippen LogP contribution in [0.4, 0.5) is 0 Å². The van der Waals surface area contributed by atoms with Crippen molar-refractivity contribution in [2.75, 3.05) is 7.05 Å². The summed E-state index contributed by atoms with van der Waals surface area (Å²) in [5.74, 6) is 0.749. The van der Waals surface area contributed by atoms with E-state index >= 15 is 0 Å². The lowest BCUT2D eigenvalue weighted by molar-refractivity contribution is 0.163. The summed E-state index contributed by atoms with van der Waals surface area (Å²) in [6.07, 6.45) is 7.16. The van der Waals surface area contributed by atoms with Crippen molar-refractivity contribution in [2.24, 2.45) is 18.4 Å². The molecule has 0 amide bonds. The van der Waals surface area contributed by atoms with Gasteiger partial charge in [0.2, 0.25) is 0 Å². The van der Waals surface area contributed by atoms with Gasteiger partial charge in [-0.3, -0.25) is 4.68 Å². The molecule has 1 N–H and O–H groups in total. The summed E-state index contributed by atoms with van der Waals surface area (Å²) >= 11 is 6.50. The predicted molar refractivity (Wildman–Crippen MR) is 89.9 cm³/mol. The molecular weight excluding hydrogens is 282 g/mol. The second-order valence-electron chi connectivity index (χ2n) is 7.29. The van der Waals surface area contributed by atoms with E-state index in [1.165, 1.54) is 31.4 Å². The van der Waals surface area contributed by atoms with Crippen molar-refractivity contribution in [2.45, 2.75) is 65.3 Å². The Bertz CT molecular complexity index is 469. The highest BCUT2D eigenvalue weighted by atomic mass is 35.5. The Labute approximate surface area is 134 Å². The van der Waals surface area contributed by atoms with Crippen molar-refractivity contribution in [1.82, 2.24) is 15.1 Å². The topological polar surface area (TPSA) is 29.9 Å². The summed E-state index contributed by atoms with van der Waals surface area (Å²) in [5.41, 5.74) is 2.72. The van der Waals surface area contributed by atoms with Gasteiger partial charge < -0.3 is 5.32 Å². The van der Waals surface area contributed by atoms with E-state index in [4.69, 9.17) is 11.6 Å². The van der Waals surface area contributed by atoms with Gasteiger partial charge in [-0.15, -0.1) is 0 Å². The first-order chi connectivity index (χ1) is 9.88. The van der Waals surface area contributed by atoms with Crippen LogP contribution >= 0.6 is 11.6 Å². The first-order valence-corrected chi connectivity index (χ1v) is 8.63. The summed E-state index contributed by atoms with van der Waals surface area (Å²) in [7, 11) is 4.09. The van der Waals surface area contributed by atoms with E-state index in [9.17, 15) is 0 Å². The van der Waals surface area contributed by atoms with Gasteiger partial charge in [-0.05, 0) is 50.5 Å². The van der Waals surface area contributed by atoms with Gasteiger partial charge in [-0.2, -0.15) is 5.10 Å². The Kier molecular flexibility index (Phi) is 5.37. The number of aryl methyl sites for hydroxylation is 2. The fourth-order valence-electron chi connectivity index (χ4n) is 3.58. The van der Waals surface area contributed by atoms with Crippen molar-refractivity contribution in [3.8, 4) is 0 Å². The maximum atomic E-state index is 6.50. The number of rotatable bonds is 5. The van der Waals surface area contributed by atoms with Crippen molar-refractivity contribution < 1.29 is 0 Å². The lowest BCUT2D eigenvalue weighted by atomic mass is 9.70. The normalized spacial score (nSPS) is 20.7.